The lowest BCUT2D eigenvalue weighted by Gasteiger charge is -2.34. The molecule has 1 saturated heterocycles. The number of nitrogens with zero attached hydrogens (tertiary/aromatic N) is 1. The molecule has 0 aromatic heterocycles. The van der Waals surface area contributed by atoms with Crippen molar-refractivity contribution in [3.05, 3.63) is 12.2 Å². The number of hydrogen-bond acceptors (Lipinski definition) is 3. The van der Waals surface area contributed by atoms with Crippen LogP contribution < -0.4 is 5.32 Å². The summed E-state index contributed by atoms with van der Waals surface area (Å²) in [7, 11) is 0. The van der Waals surface area contributed by atoms with Gasteiger partial charge in [-0.3, -0.25) is 9.59 Å². The lowest BCUT2D eigenvalue weighted by molar-refractivity contribution is -0.145. The molecule has 5 nitrogen and oxygen atoms in total. The van der Waals surface area contributed by atoms with Crippen molar-refractivity contribution >= 4 is 11.8 Å². The van der Waals surface area contributed by atoms with Gasteiger partial charge in [0.25, 0.3) is 0 Å². The van der Waals surface area contributed by atoms with Gasteiger partial charge in [-0.05, 0) is 38.5 Å². The predicted octanol–water partition coefficient (Wildman–Crippen LogP) is 2.12. The third-order valence-electron chi connectivity index (χ3n) is 5.50. The molecule has 0 spiro atoms. The molecule has 2 amide bonds. The number of ether oxygens (including phenoxy) is 1. The van der Waals surface area contributed by atoms with Crippen LogP contribution >= 0.6 is 0 Å². The van der Waals surface area contributed by atoms with Crippen molar-refractivity contribution < 1.29 is 14.3 Å². The highest BCUT2D eigenvalue weighted by molar-refractivity contribution is 5.88. The summed E-state index contributed by atoms with van der Waals surface area (Å²) < 4.78 is 5.33. The van der Waals surface area contributed by atoms with Crippen LogP contribution in [0.25, 0.3) is 0 Å². The average Bonchev–Trinajstić information content (AvgIpc) is 3.44. The summed E-state index contributed by atoms with van der Waals surface area (Å²) in [4.78, 5) is 27.4. The van der Waals surface area contributed by atoms with E-state index in [4.69, 9.17) is 4.74 Å². The summed E-state index contributed by atoms with van der Waals surface area (Å²) in [5, 5.41) is 3.15. The molecular weight excluding hydrogens is 304 g/mol. The maximum atomic E-state index is 12.8. The fourth-order valence-corrected chi connectivity index (χ4v) is 3.71. The van der Waals surface area contributed by atoms with E-state index < -0.39 is 0 Å². The first kappa shape index (κ1) is 17.5. The molecule has 3 atom stereocenters. The molecule has 1 aliphatic heterocycles. The number of carbonyl (C=O) groups excluding carboxylic acids is 2. The summed E-state index contributed by atoms with van der Waals surface area (Å²) in [6.45, 7) is 4.57. The number of nitrogens with one attached hydrogen (secondary N) is 1. The summed E-state index contributed by atoms with van der Waals surface area (Å²) in [6, 6.07) is 0.197. The van der Waals surface area contributed by atoms with E-state index in [-0.39, 0.29) is 29.7 Å². The van der Waals surface area contributed by atoms with Crippen molar-refractivity contribution in [3.8, 4) is 0 Å². The van der Waals surface area contributed by atoms with Gasteiger partial charge in [0.2, 0.25) is 11.8 Å². The predicted molar refractivity (Wildman–Crippen MR) is 92.3 cm³/mol. The second-order valence-electron chi connectivity index (χ2n) is 7.52. The smallest absolute Gasteiger partial charge is 0.226 e. The SMILES string of the molecule is C[C@H](CCC1CC1)NC(=O)[C@@H]1CC=CC[C@@H]1C(=O)N1CCOCC1. The molecular formula is C19H30N2O3. The molecule has 0 aromatic carbocycles. The van der Waals surface area contributed by atoms with Gasteiger partial charge in [0.05, 0.1) is 25.0 Å². The third kappa shape index (κ3) is 4.59. The zero-order chi connectivity index (χ0) is 16.9. The van der Waals surface area contributed by atoms with Crippen LogP contribution in [0.1, 0.15) is 45.4 Å². The molecule has 1 saturated carbocycles. The van der Waals surface area contributed by atoms with Gasteiger partial charge in [0, 0.05) is 19.1 Å². The van der Waals surface area contributed by atoms with Crippen molar-refractivity contribution in [3.63, 3.8) is 0 Å². The lowest BCUT2D eigenvalue weighted by Crippen LogP contribution is -2.49. The standard InChI is InChI=1S/C19H30N2O3/c1-14(6-7-15-8-9-15)20-18(22)16-4-2-3-5-17(16)19(23)21-10-12-24-13-11-21/h2-3,14-17H,4-13H2,1H3,(H,20,22)/t14-,16-,17+/m1/s1. The summed E-state index contributed by atoms with van der Waals surface area (Å²) in [5.74, 6) is 0.609. The minimum absolute atomic E-state index is 0.0502. The molecule has 1 N–H and O–H groups in total. The Morgan fingerprint density at radius 3 is 2.50 bits per heavy atom. The van der Waals surface area contributed by atoms with Crippen molar-refractivity contribution in [1.82, 2.24) is 10.2 Å². The van der Waals surface area contributed by atoms with E-state index >= 15 is 0 Å². The van der Waals surface area contributed by atoms with Crippen LogP contribution in [0, 0.1) is 17.8 Å². The van der Waals surface area contributed by atoms with Gasteiger partial charge < -0.3 is 15.0 Å². The van der Waals surface area contributed by atoms with E-state index in [9.17, 15) is 9.59 Å². The van der Waals surface area contributed by atoms with Crippen LogP contribution in [0.4, 0.5) is 0 Å². The van der Waals surface area contributed by atoms with Gasteiger partial charge in [-0.1, -0.05) is 25.0 Å². The van der Waals surface area contributed by atoms with E-state index in [1.54, 1.807) is 0 Å². The van der Waals surface area contributed by atoms with Crippen molar-refractivity contribution in [2.24, 2.45) is 17.8 Å². The molecule has 134 valence electrons. The highest BCUT2D eigenvalue weighted by Crippen LogP contribution is 2.34. The molecule has 0 aromatic rings. The van der Waals surface area contributed by atoms with Crippen molar-refractivity contribution in [1.29, 1.82) is 0 Å². The summed E-state index contributed by atoms with van der Waals surface area (Å²) >= 11 is 0. The molecule has 0 bridgehead atoms. The van der Waals surface area contributed by atoms with E-state index in [0.29, 0.717) is 39.1 Å². The highest BCUT2D eigenvalue weighted by atomic mass is 16.5. The van der Waals surface area contributed by atoms with Gasteiger partial charge in [-0.2, -0.15) is 0 Å². The van der Waals surface area contributed by atoms with Gasteiger partial charge in [-0.25, -0.2) is 0 Å². The maximum absolute atomic E-state index is 12.8. The minimum atomic E-state index is -0.228. The van der Waals surface area contributed by atoms with Gasteiger partial charge in [0.15, 0.2) is 0 Å². The molecule has 3 rings (SSSR count). The quantitative estimate of drug-likeness (QED) is 0.757. The van der Waals surface area contributed by atoms with Gasteiger partial charge in [-0.15, -0.1) is 0 Å². The average molecular weight is 334 g/mol. The molecule has 0 radical (unpaired) electrons. The lowest BCUT2D eigenvalue weighted by atomic mass is 9.81. The first-order valence-corrected chi connectivity index (χ1v) is 9.47. The van der Waals surface area contributed by atoms with Crippen molar-refractivity contribution in [2.75, 3.05) is 26.3 Å². The van der Waals surface area contributed by atoms with Crippen LogP contribution in [-0.2, 0) is 14.3 Å². The second kappa shape index (κ2) is 8.15. The van der Waals surface area contributed by atoms with Gasteiger partial charge in [0.1, 0.15) is 0 Å². The highest BCUT2D eigenvalue weighted by Gasteiger charge is 2.37. The second-order valence-corrected chi connectivity index (χ2v) is 7.52. The van der Waals surface area contributed by atoms with Crippen LogP contribution in [0.3, 0.4) is 0 Å². The minimum Gasteiger partial charge on any atom is -0.378 e. The maximum Gasteiger partial charge on any atom is 0.226 e. The Hall–Kier alpha value is -1.36. The fourth-order valence-electron chi connectivity index (χ4n) is 3.71. The largest absolute Gasteiger partial charge is 0.378 e. The van der Waals surface area contributed by atoms with E-state index in [2.05, 4.69) is 12.2 Å². The van der Waals surface area contributed by atoms with Gasteiger partial charge >= 0.3 is 0 Å². The summed E-state index contributed by atoms with van der Waals surface area (Å²) in [5.41, 5.74) is 0. The Morgan fingerprint density at radius 1 is 1.17 bits per heavy atom. The normalized spacial score (nSPS) is 28.5. The number of hydrogen-bond donors (Lipinski definition) is 1. The topological polar surface area (TPSA) is 58.6 Å². The number of morpholine rings is 1. The number of rotatable bonds is 6. The zero-order valence-corrected chi connectivity index (χ0v) is 14.7. The number of carbonyl (C=O) groups is 2. The van der Waals surface area contributed by atoms with Crippen LogP contribution in [0.15, 0.2) is 12.2 Å². The molecule has 0 unspecified atom stereocenters. The van der Waals surface area contributed by atoms with Crippen LogP contribution in [0.5, 0.6) is 0 Å². The first-order chi connectivity index (χ1) is 11.6. The Labute approximate surface area is 144 Å². The Bertz CT molecular complexity index is 481. The Balaban J connectivity index is 1.55. The fraction of sp³-hybridized carbons (Fsp3) is 0.789. The third-order valence-corrected chi connectivity index (χ3v) is 5.50. The molecule has 1 heterocycles. The monoisotopic (exact) mass is 334 g/mol. The number of allylic oxidation sites excluding steroid dienone is 2. The molecule has 24 heavy (non-hydrogen) atoms. The Kier molecular flexibility index (Phi) is 5.93. The van der Waals surface area contributed by atoms with E-state index in [1.165, 1.54) is 19.3 Å². The number of amides is 2. The summed E-state index contributed by atoms with van der Waals surface area (Å²) in [6.07, 6.45) is 10.4. The first-order valence-electron chi connectivity index (χ1n) is 9.47. The Morgan fingerprint density at radius 2 is 1.83 bits per heavy atom. The van der Waals surface area contributed by atoms with E-state index in [0.717, 1.165) is 12.3 Å². The van der Waals surface area contributed by atoms with E-state index in [1.807, 2.05) is 17.1 Å². The molecule has 2 fully saturated rings. The molecule has 5 heteroatoms. The van der Waals surface area contributed by atoms with Crippen LogP contribution in [0.2, 0.25) is 0 Å². The van der Waals surface area contributed by atoms with Crippen LogP contribution in [-0.4, -0.2) is 49.1 Å². The van der Waals surface area contributed by atoms with Crippen molar-refractivity contribution in [2.45, 2.75) is 51.5 Å². The molecule has 3 aliphatic rings. The zero-order valence-electron chi connectivity index (χ0n) is 14.7. The molecule has 2 aliphatic carbocycles.